The largest absolute Gasteiger partial charge is 0.497 e. The predicted molar refractivity (Wildman–Crippen MR) is 91.0 cm³/mol. The second kappa shape index (κ2) is 5.89. The topological polar surface area (TPSA) is 31.2 Å². The number of pyridine rings is 1. The van der Waals surface area contributed by atoms with Crippen molar-refractivity contribution in [3.05, 3.63) is 64.4 Å². The molecule has 3 rings (SSSR count). The summed E-state index contributed by atoms with van der Waals surface area (Å²) in [6.07, 6.45) is 0. The van der Waals surface area contributed by atoms with E-state index in [2.05, 4.69) is 31.2 Å². The minimum absolute atomic E-state index is 0.00715. The summed E-state index contributed by atoms with van der Waals surface area (Å²) in [6.45, 7) is 2.06. The second-order valence-corrected chi connectivity index (χ2v) is 6.32. The highest BCUT2D eigenvalue weighted by atomic mass is 32.2. The zero-order valence-electron chi connectivity index (χ0n) is 12.8. The molecule has 4 heteroatoms. The second-order valence-electron chi connectivity index (χ2n) is 5.20. The highest BCUT2D eigenvalue weighted by Gasteiger charge is 2.09. The summed E-state index contributed by atoms with van der Waals surface area (Å²) in [5.74, 6) is 0.789. The number of benzene rings is 2. The number of methoxy groups -OCH3 is 1. The third-order valence-corrected chi connectivity index (χ3v) is 4.73. The van der Waals surface area contributed by atoms with Crippen LogP contribution in [-0.4, -0.2) is 11.7 Å². The van der Waals surface area contributed by atoms with Gasteiger partial charge in [0.05, 0.1) is 12.6 Å². The molecular formula is C18H17NO2S. The molecule has 2 aromatic carbocycles. The zero-order valence-corrected chi connectivity index (χ0v) is 13.6. The summed E-state index contributed by atoms with van der Waals surface area (Å²) in [7, 11) is 3.44. The van der Waals surface area contributed by atoms with Gasteiger partial charge in [0.25, 0.3) is 5.56 Å². The van der Waals surface area contributed by atoms with Crippen molar-refractivity contribution >= 4 is 22.7 Å². The Morgan fingerprint density at radius 2 is 1.77 bits per heavy atom. The third kappa shape index (κ3) is 2.74. The summed E-state index contributed by atoms with van der Waals surface area (Å²) in [6, 6.07) is 15.8. The Balaban J connectivity index is 2.17. The molecule has 112 valence electrons. The predicted octanol–water partition coefficient (Wildman–Crippen LogP) is 4.01. The summed E-state index contributed by atoms with van der Waals surface area (Å²) in [5.41, 5.74) is 2.12. The van der Waals surface area contributed by atoms with Crippen LogP contribution in [0, 0.1) is 6.92 Å². The van der Waals surface area contributed by atoms with E-state index in [9.17, 15) is 4.79 Å². The zero-order chi connectivity index (χ0) is 15.7. The molecule has 0 amide bonds. The van der Waals surface area contributed by atoms with E-state index in [1.54, 1.807) is 36.6 Å². The van der Waals surface area contributed by atoms with Gasteiger partial charge in [-0.2, -0.15) is 0 Å². The van der Waals surface area contributed by atoms with Crippen LogP contribution in [0.3, 0.4) is 0 Å². The van der Waals surface area contributed by atoms with Gasteiger partial charge in [0.2, 0.25) is 0 Å². The van der Waals surface area contributed by atoms with Crippen molar-refractivity contribution < 1.29 is 4.74 Å². The SMILES string of the molecule is COc1ccc2c(c1)c(Sc1ccc(C)cc1)cc(=O)n2C. The number of hydrogen-bond donors (Lipinski definition) is 0. The lowest BCUT2D eigenvalue weighted by molar-refractivity contribution is 0.415. The molecule has 3 aromatic rings. The smallest absolute Gasteiger partial charge is 0.251 e. The summed E-state index contributed by atoms with van der Waals surface area (Å²) < 4.78 is 6.98. The van der Waals surface area contributed by atoms with Crippen molar-refractivity contribution in [2.45, 2.75) is 16.7 Å². The number of aromatic nitrogens is 1. The molecule has 3 nitrogen and oxygen atoms in total. The molecule has 0 aliphatic heterocycles. The molecule has 0 aliphatic carbocycles. The first-order chi connectivity index (χ1) is 10.6. The maximum atomic E-state index is 12.2. The normalized spacial score (nSPS) is 10.9. The molecule has 1 heterocycles. The van der Waals surface area contributed by atoms with E-state index in [-0.39, 0.29) is 5.56 Å². The fraction of sp³-hybridized carbons (Fsp3) is 0.167. The minimum atomic E-state index is -0.00715. The standard InChI is InChI=1S/C18H17NO2S/c1-12-4-7-14(8-5-12)22-17-11-18(20)19(2)16-9-6-13(21-3)10-15(16)17/h4-11H,1-3H3. The number of nitrogens with zero attached hydrogens (tertiary/aromatic N) is 1. The fourth-order valence-corrected chi connectivity index (χ4v) is 3.31. The summed E-state index contributed by atoms with van der Waals surface area (Å²) >= 11 is 1.60. The van der Waals surface area contributed by atoms with Gasteiger partial charge < -0.3 is 9.30 Å². The summed E-state index contributed by atoms with van der Waals surface area (Å²) in [4.78, 5) is 14.2. The van der Waals surface area contributed by atoms with E-state index in [4.69, 9.17) is 4.74 Å². The van der Waals surface area contributed by atoms with Gasteiger partial charge in [0.15, 0.2) is 0 Å². The van der Waals surface area contributed by atoms with Crippen molar-refractivity contribution in [3.63, 3.8) is 0 Å². The van der Waals surface area contributed by atoms with Crippen LogP contribution >= 0.6 is 11.8 Å². The third-order valence-electron chi connectivity index (χ3n) is 3.66. The van der Waals surface area contributed by atoms with E-state index in [1.165, 1.54) is 5.56 Å². The molecule has 0 aliphatic rings. The van der Waals surface area contributed by atoms with Crippen molar-refractivity contribution in [3.8, 4) is 5.75 Å². The molecule has 22 heavy (non-hydrogen) atoms. The van der Waals surface area contributed by atoms with Crippen LogP contribution in [0.2, 0.25) is 0 Å². The molecule has 0 bridgehead atoms. The highest BCUT2D eigenvalue weighted by Crippen LogP contribution is 2.34. The molecule has 0 radical (unpaired) electrons. The Morgan fingerprint density at radius 3 is 2.45 bits per heavy atom. The maximum Gasteiger partial charge on any atom is 0.251 e. The van der Waals surface area contributed by atoms with Gasteiger partial charge >= 0.3 is 0 Å². The van der Waals surface area contributed by atoms with Crippen LogP contribution < -0.4 is 10.3 Å². The number of aryl methyl sites for hydroxylation is 2. The minimum Gasteiger partial charge on any atom is -0.497 e. The van der Waals surface area contributed by atoms with Gasteiger partial charge in [-0.25, -0.2) is 0 Å². The van der Waals surface area contributed by atoms with Gasteiger partial charge in [-0.05, 0) is 37.3 Å². The van der Waals surface area contributed by atoms with E-state index in [1.807, 2.05) is 18.2 Å². The van der Waals surface area contributed by atoms with Crippen LogP contribution in [0.15, 0.2) is 63.1 Å². The lowest BCUT2D eigenvalue weighted by Crippen LogP contribution is -2.16. The lowest BCUT2D eigenvalue weighted by atomic mass is 10.2. The van der Waals surface area contributed by atoms with E-state index < -0.39 is 0 Å². The first kappa shape index (κ1) is 14.7. The number of rotatable bonds is 3. The van der Waals surface area contributed by atoms with Gasteiger partial charge in [-0.15, -0.1) is 0 Å². The number of hydrogen-bond acceptors (Lipinski definition) is 3. The molecule has 0 spiro atoms. The summed E-state index contributed by atoms with van der Waals surface area (Å²) in [5, 5.41) is 1.02. The number of fused-ring (bicyclic) bond motifs is 1. The highest BCUT2D eigenvalue weighted by molar-refractivity contribution is 7.99. The van der Waals surface area contributed by atoms with E-state index in [0.717, 1.165) is 26.4 Å². The van der Waals surface area contributed by atoms with Crippen LogP contribution in [0.1, 0.15) is 5.56 Å². The molecular weight excluding hydrogens is 294 g/mol. The Morgan fingerprint density at radius 1 is 1.05 bits per heavy atom. The van der Waals surface area contributed by atoms with Crippen LogP contribution in [0.5, 0.6) is 5.75 Å². The van der Waals surface area contributed by atoms with Crippen LogP contribution in [0.25, 0.3) is 10.9 Å². The van der Waals surface area contributed by atoms with Gasteiger partial charge in [0, 0.05) is 28.3 Å². The molecule has 0 N–H and O–H groups in total. The monoisotopic (exact) mass is 311 g/mol. The molecule has 0 unspecified atom stereocenters. The molecule has 0 saturated carbocycles. The van der Waals surface area contributed by atoms with E-state index in [0.29, 0.717) is 0 Å². The van der Waals surface area contributed by atoms with E-state index >= 15 is 0 Å². The average molecular weight is 311 g/mol. The van der Waals surface area contributed by atoms with Crippen LogP contribution in [0.4, 0.5) is 0 Å². The van der Waals surface area contributed by atoms with Crippen LogP contribution in [-0.2, 0) is 7.05 Å². The van der Waals surface area contributed by atoms with Crippen molar-refractivity contribution in [1.82, 2.24) is 4.57 Å². The lowest BCUT2D eigenvalue weighted by Gasteiger charge is -2.11. The van der Waals surface area contributed by atoms with Crippen molar-refractivity contribution in [2.75, 3.05) is 7.11 Å². The van der Waals surface area contributed by atoms with Gasteiger partial charge in [-0.3, -0.25) is 4.79 Å². The molecule has 0 saturated heterocycles. The Hall–Kier alpha value is -2.20. The Kier molecular flexibility index (Phi) is 3.94. The molecule has 0 atom stereocenters. The van der Waals surface area contributed by atoms with Crippen molar-refractivity contribution in [1.29, 1.82) is 0 Å². The first-order valence-electron chi connectivity index (χ1n) is 7.01. The maximum absolute atomic E-state index is 12.2. The molecule has 0 fully saturated rings. The quantitative estimate of drug-likeness (QED) is 0.732. The molecule has 1 aromatic heterocycles. The van der Waals surface area contributed by atoms with Gasteiger partial charge in [-0.1, -0.05) is 29.5 Å². The van der Waals surface area contributed by atoms with Crippen molar-refractivity contribution in [2.24, 2.45) is 7.05 Å². The Labute approximate surface area is 133 Å². The first-order valence-corrected chi connectivity index (χ1v) is 7.82. The number of ether oxygens (including phenoxy) is 1. The van der Waals surface area contributed by atoms with Gasteiger partial charge in [0.1, 0.15) is 5.75 Å². The Bertz CT molecular complexity index is 882. The fourth-order valence-electron chi connectivity index (χ4n) is 2.36. The average Bonchev–Trinajstić information content (AvgIpc) is 2.54.